The Labute approximate surface area is 166 Å². The maximum absolute atomic E-state index is 11.8. The van der Waals surface area contributed by atoms with Gasteiger partial charge in [0.25, 0.3) is 0 Å². The van der Waals surface area contributed by atoms with E-state index in [2.05, 4.69) is 4.98 Å². The maximum atomic E-state index is 11.8. The second kappa shape index (κ2) is 7.22. The summed E-state index contributed by atoms with van der Waals surface area (Å²) in [6, 6.07) is 7.40. The minimum Gasteiger partial charge on any atom is -0.481 e. The smallest absolute Gasteiger partial charge is 0.481 e. The molecule has 3 rings (SSSR count). The van der Waals surface area contributed by atoms with Crippen LogP contribution in [0.1, 0.15) is 43.6 Å². The van der Waals surface area contributed by atoms with Crippen molar-refractivity contribution < 1.29 is 23.6 Å². The predicted octanol–water partition coefficient (Wildman–Crippen LogP) is 3.15. The molecule has 1 fully saturated rings. The number of nitrogens with zero attached hydrogens (tertiary/aromatic N) is 1. The Hall–Kier alpha value is -2.38. The van der Waals surface area contributed by atoms with Crippen molar-refractivity contribution in [3.63, 3.8) is 0 Å². The molecule has 0 amide bonds. The molecule has 7 heteroatoms. The summed E-state index contributed by atoms with van der Waals surface area (Å²) >= 11 is 0. The first-order valence-corrected chi connectivity index (χ1v) is 9.18. The van der Waals surface area contributed by atoms with Crippen LogP contribution >= 0.6 is 0 Å². The zero-order chi connectivity index (χ0) is 20.7. The number of esters is 1. The van der Waals surface area contributed by atoms with E-state index in [4.69, 9.17) is 18.8 Å². The van der Waals surface area contributed by atoms with Crippen molar-refractivity contribution in [2.45, 2.75) is 45.8 Å². The van der Waals surface area contributed by atoms with Crippen LogP contribution in [0.15, 0.2) is 30.5 Å². The van der Waals surface area contributed by atoms with Crippen LogP contribution in [0.25, 0.3) is 11.1 Å². The van der Waals surface area contributed by atoms with Gasteiger partial charge in [0.05, 0.1) is 31.0 Å². The van der Waals surface area contributed by atoms with E-state index in [1.54, 1.807) is 25.4 Å². The van der Waals surface area contributed by atoms with Crippen molar-refractivity contribution in [3.05, 3.63) is 41.6 Å². The van der Waals surface area contributed by atoms with Crippen LogP contribution in [0.4, 0.5) is 0 Å². The number of pyridine rings is 1. The number of ether oxygens (including phenoxy) is 2. The fourth-order valence-corrected chi connectivity index (χ4v) is 3.16. The number of hydrogen-bond donors (Lipinski definition) is 0. The van der Waals surface area contributed by atoms with Gasteiger partial charge in [0.15, 0.2) is 0 Å². The van der Waals surface area contributed by atoms with Gasteiger partial charge in [-0.1, -0.05) is 6.07 Å². The van der Waals surface area contributed by atoms with Crippen molar-refractivity contribution in [2.24, 2.45) is 0 Å². The second-order valence-electron chi connectivity index (χ2n) is 7.93. The predicted molar refractivity (Wildman–Crippen MR) is 108 cm³/mol. The fourth-order valence-electron chi connectivity index (χ4n) is 3.16. The molecule has 0 unspecified atom stereocenters. The van der Waals surface area contributed by atoms with Crippen LogP contribution in [0.2, 0.25) is 0 Å². The topological polar surface area (TPSA) is 66.9 Å². The van der Waals surface area contributed by atoms with Gasteiger partial charge in [-0.3, -0.25) is 0 Å². The lowest BCUT2D eigenvalue weighted by molar-refractivity contribution is 0.00578. The van der Waals surface area contributed by atoms with E-state index in [9.17, 15) is 4.79 Å². The average molecular weight is 383 g/mol. The average Bonchev–Trinajstić information content (AvgIpc) is 2.87. The van der Waals surface area contributed by atoms with E-state index in [0.29, 0.717) is 11.4 Å². The van der Waals surface area contributed by atoms with Gasteiger partial charge in [-0.2, -0.15) is 0 Å². The number of aryl methyl sites for hydroxylation is 1. The highest BCUT2D eigenvalue weighted by Gasteiger charge is 2.52. The Balaban J connectivity index is 2.02. The molecule has 0 radical (unpaired) electrons. The van der Waals surface area contributed by atoms with Gasteiger partial charge in [0, 0.05) is 17.2 Å². The van der Waals surface area contributed by atoms with E-state index >= 15 is 0 Å². The molecule has 2 aromatic rings. The van der Waals surface area contributed by atoms with Crippen LogP contribution in [0, 0.1) is 6.92 Å². The Morgan fingerprint density at radius 2 is 1.71 bits per heavy atom. The molecule has 0 bridgehead atoms. The molecule has 0 aliphatic carbocycles. The third kappa shape index (κ3) is 3.52. The molecule has 2 heterocycles. The normalized spacial score (nSPS) is 17.5. The maximum Gasteiger partial charge on any atom is 0.500 e. The number of carbonyl (C=O) groups is 1. The van der Waals surface area contributed by atoms with Crippen LogP contribution < -0.4 is 10.2 Å². The number of carbonyl (C=O) groups excluding carboxylic acids is 1. The highest BCUT2D eigenvalue weighted by atomic mass is 16.7. The van der Waals surface area contributed by atoms with Crippen molar-refractivity contribution in [1.82, 2.24) is 4.98 Å². The van der Waals surface area contributed by atoms with Crippen molar-refractivity contribution in [1.29, 1.82) is 0 Å². The molecule has 6 nitrogen and oxygen atoms in total. The largest absolute Gasteiger partial charge is 0.500 e. The van der Waals surface area contributed by atoms with Crippen molar-refractivity contribution >= 4 is 18.6 Å². The number of benzene rings is 1. The van der Waals surface area contributed by atoms with Crippen LogP contribution in [-0.2, 0) is 14.0 Å². The van der Waals surface area contributed by atoms with Gasteiger partial charge >= 0.3 is 13.1 Å². The van der Waals surface area contributed by atoms with E-state index in [-0.39, 0.29) is 5.97 Å². The minimum atomic E-state index is -0.581. The van der Waals surface area contributed by atoms with Gasteiger partial charge < -0.3 is 18.8 Å². The number of aromatic nitrogens is 1. The third-order valence-corrected chi connectivity index (χ3v) is 5.54. The lowest BCUT2D eigenvalue weighted by Crippen LogP contribution is -2.41. The monoisotopic (exact) mass is 383 g/mol. The van der Waals surface area contributed by atoms with Crippen LogP contribution in [0.5, 0.6) is 5.88 Å². The molecule has 0 atom stereocenters. The molecule has 148 valence electrons. The van der Waals surface area contributed by atoms with E-state index < -0.39 is 18.3 Å². The summed E-state index contributed by atoms with van der Waals surface area (Å²) < 4.78 is 22.6. The third-order valence-electron chi connectivity index (χ3n) is 5.54. The number of methoxy groups -OCH3 is 2. The van der Waals surface area contributed by atoms with E-state index in [1.165, 1.54) is 7.11 Å². The van der Waals surface area contributed by atoms with Gasteiger partial charge in [0.2, 0.25) is 5.88 Å². The molecule has 28 heavy (non-hydrogen) atoms. The molecule has 0 spiro atoms. The quantitative estimate of drug-likeness (QED) is 0.597. The molecule has 1 aromatic carbocycles. The minimum absolute atomic E-state index is 0.361. The molecule has 0 saturated carbocycles. The summed E-state index contributed by atoms with van der Waals surface area (Å²) in [7, 11) is 2.37. The Kier molecular flexibility index (Phi) is 5.25. The Morgan fingerprint density at radius 1 is 1.07 bits per heavy atom. The summed E-state index contributed by atoms with van der Waals surface area (Å²) in [5, 5.41) is 0. The number of rotatable bonds is 4. The van der Waals surface area contributed by atoms with Crippen LogP contribution in [0.3, 0.4) is 0 Å². The Bertz CT molecular complexity index is 894. The summed E-state index contributed by atoms with van der Waals surface area (Å²) in [6.45, 7) is 9.97. The lowest BCUT2D eigenvalue weighted by atomic mass is 9.78. The highest BCUT2D eigenvalue weighted by Crippen LogP contribution is 2.37. The first-order valence-electron chi connectivity index (χ1n) is 9.18. The summed E-state index contributed by atoms with van der Waals surface area (Å²) in [4.78, 5) is 16.2. The standard InChI is InChI=1S/C21H26BNO5/c1-13-10-14(19(24)26-7)8-9-16(13)15-11-17(18(25-6)23-12-15)22-27-20(2,3)21(4,5)28-22/h8-12H,1-7H3. The summed E-state index contributed by atoms with van der Waals surface area (Å²) in [5.74, 6) is 0.103. The van der Waals surface area contributed by atoms with Crippen LogP contribution in [-0.4, -0.2) is 43.5 Å². The van der Waals surface area contributed by atoms with Crippen molar-refractivity contribution in [3.8, 4) is 17.0 Å². The SMILES string of the molecule is COC(=O)c1ccc(-c2cnc(OC)c(B3OC(C)(C)C(C)(C)O3)c2)c(C)c1. The first-order chi connectivity index (χ1) is 13.1. The second-order valence-corrected chi connectivity index (χ2v) is 7.93. The molecule has 1 aliphatic heterocycles. The first kappa shape index (κ1) is 20.4. The van der Waals surface area contributed by atoms with E-state index in [0.717, 1.165) is 22.2 Å². The molecular formula is C21H26BNO5. The molecular weight excluding hydrogens is 357 g/mol. The van der Waals surface area contributed by atoms with Gasteiger partial charge in [-0.25, -0.2) is 9.78 Å². The summed E-state index contributed by atoms with van der Waals surface area (Å²) in [5.41, 5.74) is 3.11. The van der Waals surface area contributed by atoms with Gasteiger partial charge in [0.1, 0.15) is 0 Å². The summed E-state index contributed by atoms with van der Waals surface area (Å²) in [6.07, 6.45) is 1.74. The molecule has 0 N–H and O–H groups in total. The van der Waals surface area contributed by atoms with Gasteiger partial charge in [-0.15, -0.1) is 0 Å². The molecule has 1 aromatic heterocycles. The fraction of sp³-hybridized carbons (Fsp3) is 0.429. The molecule has 1 aliphatic rings. The molecule has 1 saturated heterocycles. The zero-order valence-corrected chi connectivity index (χ0v) is 17.5. The zero-order valence-electron chi connectivity index (χ0n) is 17.5. The number of hydrogen-bond acceptors (Lipinski definition) is 6. The lowest BCUT2D eigenvalue weighted by Gasteiger charge is -2.32. The van der Waals surface area contributed by atoms with Gasteiger partial charge in [-0.05, 0) is 63.9 Å². The van der Waals surface area contributed by atoms with E-state index in [1.807, 2.05) is 46.8 Å². The Morgan fingerprint density at radius 3 is 2.25 bits per heavy atom. The van der Waals surface area contributed by atoms with Crippen molar-refractivity contribution in [2.75, 3.05) is 14.2 Å². The highest BCUT2D eigenvalue weighted by molar-refractivity contribution is 6.63.